The normalized spacial score (nSPS) is 11.9. The number of aryl methyl sites for hydroxylation is 2. The molecule has 0 unspecified atom stereocenters. The fraction of sp³-hybridized carbons (Fsp3) is 0.625. The van der Waals surface area contributed by atoms with E-state index in [9.17, 15) is 14.4 Å². The zero-order valence-electron chi connectivity index (χ0n) is 15.3. The van der Waals surface area contributed by atoms with Crippen LogP contribution in [0.25, 0.3) is 0 Å². The lowest BCUT2D eigenvalue weighted by Crippen LogP contribution is -2.46. The SMILES string of the molecule is Cc1nn(C)c(C)c1OCC(=O)NCC(=O)N[C@@H](CC(C)C)C(=O)O. The number of carboxylic acids is 1. The second-order valence-electron chi connectivity index (χ2n) is 6.28. The predicted molar refractivity (Wildman–Crippen MR) is 90.2 cm³/mol. The molecule has 1 heterocycles. The summed E-state index contributed by atoms with van der Waals surface area (Å²) in [6.45, 7) is 6.76. The van der Waals surface area contributed by atoms with Gasteiger partial charge in [0.1, 0.15) is 11.7 Å². The molecule has 0 bridgehead atoms. The number of nitrogens with one attached hydrogen (secondary N) is 2. The molecule has 1 aromatic rings. The Balaban J connectivity index is 2.42. The second kappa shape index (κ2) is 9.05. The van der Waals surface area contributed by atoms with Crippen molar-refractivity contribution >= 4 is 17.8 Å². The first-order valence-electron chi connectivity index (χ1n) is 8.03. The van der Waals surface area contributed by atoms with Gasteiger partial charge in [0, 0.05) is 7.05 Å². The van der Waals surface area contributed by atoms with Crippen LogP contribution in [0.2, 0.25) is 0 Å². The quantitative estimate of drug-likeness (QED) is 0.580. The fourth-order valence-electron chi connectivity index (χ4n) is 2.27. The number of aromatic nitrogens is 2. The molecule has 3 N–H and O–H groups in total. The maximum atomic E-state index is 11.8. The number of hydrogen-bond donors (Lipinski definition) is 3. The molecule has 1 atom stereocenters. The van der Waals surface area contributed by atoms with Crippen LogP contribution < -0.4 is 15.4 Å². The Hall–Kier alpha value is -2.58. The van der Waals surface area contributed by atoms with Crippen molar-refractivity contribution in [3.8, 4) is 5.75 Å². The van der Waals surface area contributed by atoms with Crippen molar-refractivity contribution in [3.05, 3.63) is 11.4 Å². The molecule has 0 saturated carbocycles. The number of amides is 2. The molecule has 0 aliphatic carbocycles. The second-order valence-corrected chi connectivity index (χ2v) is 6.28. The van der Waals surface area contributed by atoms with Gasteiger partial charge < -0.3 is 20.5 Å². The van der Waals surface area contributed by atoms with Crippen molar-refractivity contribution in [2.75, 3.05) is 13.2 Å². The Bertz CT molecular complexity index is 639. The van der Waals surface area contributed by atoms with E-state index < -0.39 is 23.8 Å². The summed E-state index contributed by atoms with van der Waals surface area (Å²) in [6, 6.07) is -0.971. The minimum atomic E-state index is -1.10. The van der Waals surface area contributed by atoms with Gasteiger partial charge in [0.25, 0.3) is 5.91 Å². The number of carboxylic acid groups (broad SMARTS) is 1. The van der Waals surface area contributed by atoms with Gasteiger partial charge >= 0.3 is 5.97 Å². The first-order valence-corrected chi connectivity index (χ1v) is 8.03. The van der Waals surface area contributed by atoms with E-state index in [1.165, 1.54) is 0 Å². The molecular formula is C16H26N4O5. The minimum Gasteiger partial charge on any atom is -0.480 e. The zero-order chi connectivity index (χ0) is 19.1. The van der Waals surface area contributed by atoms with Gasteiger partial charge in [0.15, 0.2) is 12.4 Å². The van der Waals surface area contributed by atoms with E-state index in [-0.39, 0.29) is 19.1 Å². The van der Waals surface area contributed by atoms with Gasteiger partial charge in [0.05, 0.1) is 12.2 Å². The van der Waals surface area contributed by atoms with Gasteiger partial charge in [-0.05, 0) is 26.2 Å². The highest BCUT2D eigenvalue weighted by Crippen LogP contribution is 2.20. The number of hydrogen-bond acceptors (Lipinski definition) is 5. The van der Waals surface area contributed by atoms with Crippen LogP contribution in [0.5, 0.6) is 5.75 Å². The predicted octanol–water partition coefficient (Wildman–Crippen LogP) is 0.147. The summed E-state index contributed by atoms with van der Waals surface area (Å²) in [4.78, 5) is 34.7. The molecular weight excluding hydrogens is 328 g/mol. The van der Waals surface area contributed by atoms with E-state index >= 15 is 0 Å². The van der Waals surface area contributed by atoms with E-state index in [4.69, 9.17) is 9.84 Å². The van der Waals surface area contributed by atoms with Gasteiger partial charge in [0.2, 0.25) is 5.91 Å². The zero-order valence-corrected chi connectivity index (χ0v) is 15.3. The third kappa shape index (κ3) is 6.44. The summed E-state index contributed by atoms with van der Waals surface area (Å²) < 4.78 is 7.08. The highest BCUT2D eigenvalue weighted by molar-refractivity contribution is 5.88. The van der Waals surface area contributed by atoms with Crippen LogP contribution in [0.15, 0.2) is 0 Å². The van der Waals surface area contributed by atoms with Crippen LogP contribution in [0.4, 0.5) is 0 Å². The lowest BCUT2D eigenvalue weighted by atomic mass is 10.0. The molecule has 0 aliphatic rings. The van der Waals surface area contributed by atoms with Crippen molar-refractivity contribution in [3.63, 3.8) is 0 Å². The summed E-state index contributed by atoms with van der Waals surface area (Å²) in [5.41, 5.74) is 1.46. The molecule has 140 valence electrons. The topological polar surface area (TPSA) is 123 Å². The van der Waals surface area contributed by atoms with E-state index in [0.29, 0.717) is 17.9 Å². The maximum Gasteiger partial charge on any atom is 0.326 e. The maximum absolute atomic E-state index is 11.8. The summed E-state index contributed by atoms with van der Waals surface area (Å²) >= 11 is 0. The fourth-order valence-corrected chi connectivity index (χ4v) is 2.27. The van der Waals surface area contributed by atoms with E-state index in [2.05, 4.69) is 15.7 Å². The third-order valence-corrected chi connectivity index (χ3v) is 3.58. The Morgan fingerprint density at radius 1 is 1.24 bits per heavy atom. The summed E-state index contributed by atoms with van der Waals surface area (Å²) in [5, 5.41) is 18.0. The Morgan fingerprint density at radius 2 is 1.88 bits per heavy atom. The minimum absolute atomic E-state index is 0.121. The average molecular weight is 354 g/mol. The Labute approximate surface area is 146 Å². The summed E-state index contributed by atoms with van der Waals surface area (Å²) in [6.07, 6.45) is 0.317. The van der Waals surface area contributed by atoms with Crippen LogP contribution >= 0.6 is 0 Å². The lowest BCUT2D eigenvalue weighted by molar-refractivity contribution is -0.142. The molecule has 0 spiro atoms. The van der Waals surface area contributed by atoms with Gasteiger partial charge in [-0.2, -0.15) is 5.10 Å². The molecule has 0 saturated heterocycles. The number of carbonyl (C=O) groups is 3. The van der Waals surface area contributed by atoms with Crippen molar-refractivity contribution in [1.29, 1.82) is 0 Å². The molecule has 0 fully saturated rings. The highest BCUT2D eigenvalue weighted by atomic mass is 16.5. The largest absolute Gasteiger partial charge is 0.480 e. The van der Waals surface area contributed by atoms with Gasteiger partial charge in [-0.3, -0.25) is 14.3 Å². The molecule has 0 aromatic carbocycles. The van der Waals surface area contributed by atoms with E-state index in [1.807, 2.05) is 20.8 Å². The molecule has 1 aromatic heterocycles. The van der Waals surface area contributed by atoms with Crippen LogP contribution in [0, 0.1) is 19.8 Å². The number of carbonyl (C=O) groups excluding carboxylic acids is 2. The number of rotatable bonds is 9. The van der Waals surface area contributed by atoms with Crippen molar-refractivity contribution in [1.82, 2.24) is 20.4 Å². The monoisotopic (exact) mass is 354 g/mol. The first-order chi connectivity index (χ1) is 11.6. The molecule has 25 heavy (non-hydrogen) atoms. The van der Waals surface area contributed by atoms with Crippen molar-refractivity contribution < 1.29 is 24.2 Å². The molecule has 9 heteroatoms. The van der Waals surface area contributed by atoms with Crippen LogP contribution in [-0.4, -0.2) is 51.9 Å². The lowest BCUT2D eigenvalue weighted by Gasteiger charge is -2.16. The van der Waals surface area contributed by atoms with E-state index in [0.717, 1.165) is 5.69 Å². The number of ether oxygens (including phenoxy) is 1. The Kier molecular flexibility index (Phi) is 7.41. The molecule has 2 amide bonds. The van der Waals surface area contributed by atoms with Crippen LogP contribution in [0.3, 0.4) is 0 Å². The van der Waals surface area contributed by atoms with Crippen molar-refractivity contribution in [2.24, 2.45) is 13.0 Å². The number of aliphatic carboxylic acids is 1. The molecule has 0 radical (unpaired) electrons. The molecule has 1 rings (SSSR count). The van der Waals surface area contributed by atoms with Crippen molar-refractivity contribution in [2.45, 2.75) is 40.2 Å². The average Bonchev–Trinajstić information content (AvgIpc) is 2.75. The third-order valence-electron chi connectivity index (χ3n) is 3.58. The van der Waals surface area contributed by atoms with Crippen LogP contribution in [0.1, 0.15) is 31.7 Å². The van der Waals surface area contributed by atoms with Crippen LogP contribution in [-0.2, 0) is 21.4 Å². The van der Waals surface area contributed by atoms with Gasteiger partial charge in [-0.1, -0.05) is 13.8 Å². The standard InChI is InChI=1S/C16H26N4O5/c1-9(2)6-12(16(23)24)18-13(21)7-17-14(22)8-25-15-10(3)19-20(5)11(15)4/h9,12H,6-8H2,1-5H3,(H,17,22)(H,18,21)(H,23,24)/t12-/m0/s1. The summed E-state index contributed by atoms with van der Waals surface area (Å²) in [7, 11) is 1.77. The smallest absolute Gasteiger partial charge is 0.326 e. The van der Waals surface area contributed by atoms with Gasteiger partial charge in [-0.15, -0.1) is 0 Å². The summed E-state index contributed by atoms with van der Waals surface area (Å²) in [5.74, 6) is -1.48. The van der Waals surface area contributed by atoms with E-state index in [1.54, 1.807) is 18.7 Å². The Morgan fingerprint density at radius 3 is 2.36 bits per heavy atom. The van der Waals surface area contributed by atoms with Gasteiger partial charge in [-0.25, -0.2) is 4.79 Å². The first kappa shape index (κ1) is 20.5. The highest BCUT2D eigenvalue weighted by Gasteiger charge is 2.21. The number of nitrogens with zero attached hydrogens (tertiary/aromatic N) is 2. The molecule has 9 nitrogen and oxygen atoms in total. The molecule has 0 aliphatic heterocycles.